The number of anilines is 1. The van der Waals surface area contributed by atoms with Gasteiger partial charge in [-0.3, -0.25) is 14.6 Å². The van der Waals surface area contributed by atoms with Crippen LogP contribution in [-0.2, 0) is 0 Å². The van der Waals surface area contributed by atoms with E-state index in [1.807, 2.05) is 18.2 Å². The Kier molecular flexibility index (Phi) is 5.93. The van der Waals surface area contributed by atoms with Crippen LogP contribution in [0.15, 0.2) is 48.8 Å². The first-order chi connectivity index (χ1) is 14.2. The standard InChI is InChI=1S/C24H29N3O2/c1-2-17-8-10-21(11-9-17)27(22-12-13-22)24(29)18-5-3-7-20(15-18)26-23(28)19-6-4-14-25-16-19/h3-7,14-17,21-22H,2,8-13H2,1H3,(H,26,28). The van der Waals surface area contributed by atoms with Crippen molar-refractivity contribution in [2.45, 2.75) is 64.0 Å². The van der Waals surface area contributed by atoms with Gasteiger partial charge in [-0.05, 0) is 74.8 Å². The third kappa shape index (κ3) is 4.66. The molecule has 1 aromatic carbocycles. The molecule has 4 rings (SSSR count). The summed E-state index contributed by atoms with van der Waals surface area (Å²) in [5, 5.41) is 2.88. The Bertz CT molecular complexity index is 855. The van der Waals surface area contributed by atoms with Crippen LogP contribution in [0.2, 0.25) is 0 Å². The Morgan fingerprint density at radius 3 is 2.31 bits per heavy atom. The molecular formula is C24H29N3O2. The predicted molar refractivity (Wildman–Crippen MR) is 114 cm³/mol. The second kappa shape index (κ2) is 8.76. The van der Waals surface area contributed by atoms with E-state index in [0.29, 0.717) is 28.9 Å². The lowest BCUT2D eigenvalue weighted by atomic mass is 9.83. The highest BCUT2D eigenvalue weighted by Crippen LogP contribution is 2.37. The van der Waals surface area contributed by atoms with E-state index < -0.39 is 0 Å². The largest absolute Gasteiger partial charge is 0.333 e. The molecule has 2 fully saturated rings. The molecule has 2 aliphatic rings. The molecule has 0 aliphatic heterocycles. The average molecular weight is 392 g/mol. The van der Waals surface area contributed by atoms with Crippen LogP contribution < -0.4 is 5.32 Å². The van der Waals surface area contributed by atoms with Crippen molar-refractivity contribution in [1.82, 2.24) is 9.88 Å². The first-order valence-electron chi connectivity index (χ1n) is 10.8. The molecule has 2 amide bonds. The van der Waals surface area contributed by atoms with Gasteiger partial charge in [-0.1, -0.05) is 19.4 Å². The van der Waals surface area contributed by atoms with Crippen LogP contribution in [0.3, 0.4) is 0 Å². The van der Waals surface area contributed by atoms with Crippen LogP contribution in [0.25, 0.3) is 0 Å². The number of rotatable bonds is 6. The lowest BCUT2D eigenvalue weighted by Gasteiger charge is -2.37. The number of aromatic nitrogens is 1. The number of nitrogens with one attached hydrogen (secondary N) is 1. The minimum atomic E-state index is -0.223. The van der Waals surface area contributed by atoms with Crippen LogP contribution in [0.4, 0.5) is 5.69 Å². The second-order valence-corrected chi connectivity index (χ2v) is 8.30. The molecule has 152 valence electrons. The summed E-state index contributed by atoms with van der Waals surface area (Å²) in [5.74, 6) is 0.693. The minimum absolute atomic E-state index is 0.102. The van der Waals surface area contributed by atoms with E-state index in [1.54, 1.807) is 24.4 Å². The fraction of sp³-hybridized carbons (Fsp3) is 0.458. The van der Waals surface area contributed by atoms with Gasteiger partial charge in [-0.2, -0.15) is 0 Å². The summed E-state index contributed by atoms with van der Waals surface area (Å²) < 4.78 is 0. The van der Waals surface area contributed by atoms with Gasteiger partial charge in [-0.15, -0.1) is 0 Å². The van der Waals surface area contributed by atoms with Gasteiger partial charge < -0.3 is 10.2 Å². The number of amides is 2. The average Bonchev–Trinajstić information content (AvgIpc) is 3.60. The summed E-state index contributed by atoms with van der Waals surface area (Å²) in [6.45, 7) is 2.26. The third-order valence-electron chi connectivity index (χ3n) is 6.25. The van der Waals surface area contributed by atoms with Crippen molar-refractivity contribution in [3.05, 3.63) is 59.9 Å². The summed E-state index contributed by atoms with van der Waals surface area (Å²) in [6, 6.07) is 11.5. The fourth-order valence-corrected chi connectivity index (χ4v) is 4.39. The highest BCUT2D eigenvalue weighted by molar-refractivity contribution is 6.05. The van der Waals surface area contributed by atoms with Gasteiger partial charge in [0, 0.05) is 35.7 Å². The van der Waals surface area contributed by atoms with Gasteiger partial charge in [0.2, 0.25) is 0 Å². The Morgan fingerprint density at radius 2 is 1.69 bits per heavy atom. The molecule has 29 heavy (non-hydrogen) atoms. The molecule has 2 aromatic rings. The quantitative estimate of drug-likeness (QED) is 0.761. The SMILES string of the molecule is CCC1CCC(N(C(=O)c2cccc(NC(=O)c3cccnc3)c2)C2CC2)CC1. The zero-order chi connectivity index (χ0) is 20.2. The molecule has 0 unspecified atom stereocenters. The molecule has 5 nitrogen and oxygen atoms in total. The maximum absolute atomic E-state index is 13.4. The summed E-state index contributed by atoms with van der Waals surface area (Å²) >= 11 is 0. The number of pyridine rings is 1. The van der Waals surface area contributed by atoms with E-state index in [2.05, 4.69) is 22.1 Å². The number of benzene rings is 1. The fourth-order valence-electron chi connectivity index (χ4n) is 4.39. The van der Waals surface area contributed by atoms with Gasteiger partial charge >= 0.3 is 0 Å². The lowest BCUT2D eigenvalue weighted by Crippen LogP contribution is -2.43. The molecule has 1 heterocycles. The second-order valence-electron chi connectivity index (χ2n) is 8.30. The molecule has 0 radical (unpaired) electrons. The van der Waals surface area contributed by atoms with Crippen LogP contribution in [0.5, 0.6) is 0 Å². The molecular weight excluding hydrogens is 362 g/mol. The predicted octanol–water partition coefficient (Wildman–Crippen LogP) is 4.91. The van der Waals surface area contributed by atoms with Crippen molar-refractivity contribution in [1.29, 1.82) is 0 Å². The van der Waals surface area contributed by atoms with Crippen molar-refractivity contribution >= 4 is 17.5 Å². The maximum Gasteiger partial charge on any atom is 0.257 e. The maximum atomic E-state index is 13.4. The third-order valence-corrected chi connectivity index (χ3v) is 6.25. The molecule has 2 saturated carbocycles. The van der Waals surface area contributed by atoms with E-state index in [1.165, 1.54) is 25.5 Å². The highest BCUT2D eigenvalue weighted by atomic mass is 16.2. The van der Waals surface area contributed by atoms with Crippen molar-refractivity contribution in [2.75, 3.05) is 5.32 Å². The Morgan fingerprint density at radius 1 is 1.00 bits per heavy atom. The van der Waals surface area contributed by atoms with Crippen LogP contribution in [0, 0.1) is 5.92 Å². The van der Waals surface area contributed by atoms with Crippen LogP contribution in [-0.4, -0.2) is 33.8 Å². The van der Waals surface area contributed by atoms with Gasteiger partial charge in [0.1, 0.15) is 0 Å². The molecule has 1 aromatic heterocycles. The minimum Gasteiger partial charge on any atom is -0.333 e. The number of carbonyl (C=O) groups is 2. The van der Waals surface area contributed by atoms with Gasteiger partial charge in [0.15, 0.2) is 0 Å². The monoisotopic (exact) mass is 391 g/mol. The molecule has 5 heteroatoms. The van der Waals surface area contributed by atoms with E-state index in [4.69, 9.17) is 0 Å². The Balaban J connectivity index is 1.47. The molecule has 0 atom stereocenters. The van der Waals surface area contributed by atoms with E-state index in [-0.39, 0.29) is 11.8 Å². The zero-order valence-electron chi connectivity index (χ0n) is 17.0. The highest BCUT2D eigenvalue weighted by Gasteiger charge is 2.39. The first-order valence-corrected chi connectivity index (χ1v) is 10.8. The summed E-state index contributed by atoms with van der Waals surface area (Å²) in [5.41, 5.74) is 1.78. The first kappa shape index (κ1) is 19.6. The summed E-state index contributed by atoms with van der Waals surface area (Å²) in [7, 11) is 0. The summed E-state index contributed by atoms with van der Waals surface area (Å²) in [6.07, 6.45) is 11.3. The number of nitrogens with zero attached hydrogens (tertiary/aromatic N) is 2. The van der Waals surface area contributed by atoms with Crippen molar-refractivity contribution < 1.29 is 9.59 Å². The molecule has 0 bridgehead atoms. The Labute approximate surface area is 172 Å². The van der Waals surface area contributed by atoms with Gasteiger partial charge in [-0.25, -0.2) is 0 Å². The normalized spacial score (nSPS) is 21.4. The zero-order valence-corrected chi connectivity index (χ0v) is 17.0. The number of carbonyl (C=O) groups excluding carboxylic acids is 2. The molecule has 0 saturated heterocycles. The summed E-state index contributed by atoms with van der Waals surface area (Å²) in [4.78, 5) is 31.9. The topological polar surface area (TPSA) is 62.3 Å². The van der Waals surface area contributed by atoms with Crippen molar-refractivity contribution in [3.8, 4) is 0 Å². The van der Waals surface area contributed by atoms with E-state index in [0.717, 1.165) is 31.6 Å². The number of hydrogen-bond acceptors (Lipinski definition) is 3. The Hall–Kier alpha value is -2.69. The smallest absolute Gasteiger partial charge is 0.257 e. The lowest BCUT2D eigenvalue weighted by molar-refractivity contribution is 0.0587. The van der Waals surface area contributed by atoms with Gasteiger partial charge in [0.25, 0.3) is 11.8 Å². The van der Waals surface area contributed by atoms with Crippen molar-refractivity contribution in [2.24, 2.45) is 5.92 Å². The molecule has 1 N–H and O–H groups in total. The molecule has 0 spiro atoms. The van der Waals surface area contributed by atoms with Crippen LogP contribution >= 0.6 is 0 Å². The van der Waals surface area contributed by atoms with Crippen molar-refractivity contribution in [3.63, 3.8) is 0 Å². The van der Waals surface area contributed by atoms with Crippen LogP contribution in [0.1, 0.15) is 72.6 Å². The van der Waals surface area contributed by atoms with E-state index in [9.17, 15) is 9.59 Å². The van der Waals surface area contributed by atoms with Gasteiger partial charge in [0.05, 0.1) is 5.56 Å². The van der Waals surface area contributed by atoms with E-state index >= 15 is 0 Å². The molecule has 2 aliphatic carbocycles. The number of hydrogen-bond donors (Lipinski definition) is 1.